The van der Waals surface area contributed by atoms with E-state index in [0.29, 0.717) is 17.9 Å². The molecule has 5 heteroatoms. The number of esters is 1. The van der Waals surface area contributed by atoms with Gasteiger partial charge in [-0.15, -0.1) is 0 Å². The molecule has 0 saturated heterocycles. The van der Waals surface area contributed by atoms with E-state index < -0.39 is 0 Å². The maximum absolute atomic E-state index is 10.9. The van der Waals surface area contributed by atoms with E-state index in [4.69, 9.17) is 10.3 Å². The second-order valence-corrected chi connectivity index (χ2v) is 2.51. The number of carbonyl (C=O) groups is 1. The van der Waals surface area contributed by atoms with Crippen molar-refractivity contribution in [2.24, 2.45) is 5.11 Å². The van der Waals surface area contributed by atoms with Crippen molar-refractivity contribution in [3.8, 4) is 5.75 Å². The van der Waals surface area contributed by atoms with E-state index in [-0.39, 0.29) is 5.97 Å². The molecule has 0 fully saturated rings. The summed E-state index contributed by atoms with van der Waals surface area (Å²) in [6.07, 6.45) is 0.331. The summed E-state index contributed by atoms with van der Waals surface area (Å²) >= 11 is 0. The lowest BCUT2D eigenvalue weighted by Crippen LogP contribution is -2.04. The van der Waals surface area contributed by atoms with E-state index in [2.05, 4.69) is 10.0 Å². The Morgan fingerprint density at radius 3 is 2.64 bits per heavy atom. The summed E-state index contributed by atoms with van der Waals surface area (Å²) in [5.74, 6) is 0.162. The first kappa shape index (κ1) is 10.1. The molecule has 0 aliphatic heterocycles. The Kier molecular flexibility index (Phi) is 3.52. The minimum absolute atomic E-state index is 0.290. The number of azide groups is 1. The zero-order valence-corrected chi connectivity index (χ0v) is 7.67. The molecule has 0 radical (unpaired) electrons. The fourth-order valence-electron chi connectivity index (χ4n) is 0.836. The number of hydrogen-bond acceptors (Lipinski definition) is 3. The van der Waals surface area contributed by atoms with E-state index in [1.165, 1.54) is 0 Å². The van der Waals surface area contributed by atoms with Gasteiger partial charge in [0.2, 0.25) is 0 Å². The molecule has 1 rings (SSSR count). The summed E-state index contributed by atoms with van der Waals surface area (Å²) in [5, 5.41) is 3.39. The summed E-state index contributed by atoms with van der Waals surface area (Å²) in [7, 11) is 0. The third-order valence-electron chi connectivity index (χ3n) is 1.52. The van der Waals surface area contributed by atoms with Gasteiger partial charge in [-0.2, -0.15) is 0 Å². The van der Waals surface area contributed by atoms with Crippen molar-refractivity contribution in [1.82, 2.24) is 0 Å². The highest BCUT2D eigenvalue weighted by atomic mass is 16.5. The van der Waals surface area contributed by atoms with Crippen LogP contribution in [0.2, 0.25) is 0 Å². The molecule has 0 heterocycles. The van der Waals surface area contributed by atoms with Gasteiger partial charge in [-0.3, -0.25) is 4.79 Å². The molecule has 0 saturated carbocycles. The monoisotopic (exact) mass is 191 g/mol. The van der Waals surface area contributed by atoms with Gasteiger partial charge in [-0.05, 0) is 29.8 Å². The Labute approximate surface area is 80.9 Å². The lowest BCUT2D eigenvalue weighted by atomic mass is 10.3. The normalized spacial score (nSPS) is 8.93. The zero-order chi connectivity index (χ0) is 10.4. The topological polar surface area (TPSA) is 75.1 Å². The van der Waals surface area contributed by atoms with E-state index in [1.807, 2.05) is 0 Å². The lowest BCUT2D eigenvalue weighted by Gasteiger charge is -2.01. The average Bonchev–Trinajstić information content (AvgIpc) is 2.21. The summed E-state index contributed by atoms with van der Waals surface area (Å²) in [6.45, 7) is 1.72. The van der Waals surface area contributed by atoms with Gasteiger partial charge in [0.05, 0.1) is 0 Å². The summed E-state index contributed by atoms with van der Waals surface area (Å²) in [4.78, 5) is 13.5. The van der Waals surface area contributed by atoms with Crippen molar-refractivity contribution in [3.05, 3.63) is 34.7 Å². The van der Waals surface area contributed by atoms with Gasteiger partial charge in [-0.1, -0.05) is 12.0 Å². The van der Waals surface area contributed by atoms with Crippen LogP contribution in [0.5, 0.6) is 5.75 Å². The van der Waals surface area contributed by atoms with E-state index in [0.717, 1.165) is 0 Å². The fraction of sp³-hybridized carbons (Fsp3) is 0.222. The van der Waals surface area contributed by atoms with Gasteiger partial charge in [-0.25, -0.2) is 0 Å². The summed E-state index contributed by atoms with van der Waals surface area (Å²) in [5.41, 5.74) is 8.64. The first-order valence-corrected chi connectivity index (χ1v) is 4.12. The Balaban J connectivity index is 2.73. The van der Waals surface area contributed by atoms with Gasteiger partial charge in [0.25, 0.3) is 0 Å². The highest BCUT2D eigenvalue weighted by Crippen LogP contribution is 2.18. The van der Waals surface area contributed by atoms with Crippen LogP contribution in [0.25, 0.3) is 10.4 Å². The smallest absolute Gasteiger partial charge is 0.310 e. The first-order chi connectivity index (χ1) is 6.76. The van der Waals surface area contributed by atoms with Crippen molar-refractivity contribution in [2.45, 2.75) is 13.3 Å². The minimum atomic E-state index is -0.290. The van der Waals surface area contributed by atoms with Crippen molar-refractivity contribution in [1.29, 1.82) is 0 Å². The van der Waals surface area contributed by atoms with Crippen LogP contribution >= 0.6 is 0 Å². The number of carbonyl (C=O) groups excluding carboxylic acids is 1. The Morgan fingerprint density at radius 1 is 1.50 bits per heavy atom. The number of benzene rings is 1. The Hall–Kier alpha value is -2.00. The van der Waals surface area contributed by atoms with E-state index in [9.17, 15) is 4.79 Å². The third kappa shape index (κ3) is 2.80. The maximum atomic E-state index is 10.9. The number of ether oxygens (including phenoxy) is 1. The average molecular weight is 191 g/mol. The van der Waals surface area contributed by atoms with Gasteiger partial charge in [0.15, 0.2) is 0 Å². The van der Waals surface area contributed by atoms with E-state index in [1.54, 1.807) is 31.2 Å². The first-order valence-electron chi connectivity index (χ1n) is 4.12. The van der Waals surface area contributed by atoms with Crippen LogP contribution in [0.3, 0.4) is 0 Å². The van der Waals surface area contributed by atoms with Crippen LogP contribution in [0.1, 0.15) is 13.3 Å². The van der Waals surface area contributed by atoms with Gasteiger partial charge >= 0.3 is 5.97 Å². The molecule has 0 atom stereocenters. The van der Waals surface area contributed by atoms with Crippen LogP contribution in [-0.2, 0) is 4.79 Å². The Bertz CT molecular complexity index is 366. The quantitative estimate of drug-likeness (QED) is 0.242. The molecule has 0 unspecified atom stereocenters. The van der Waals surface area contributed by atoms with E-state index >= 15 is 0 Å². The highest BCUT2D eigenvalue weighted by Gasteiger charge is 2.00. The molecule has 0 aliphatic rings. The maximum Gasteiger partial charge on any atom is 0.310 e. The number of nitrogens with zero attached hydrogens (tertiary/aromatic N) is 3. The van der Waals surface area contributed by atoms with Crippen molar-refractivity contribution in [3.63, 3.8) is 0 Å². The molecule has 14 heavy (non-hydrogen) atoms. The molecule has 0 N–H and O–H groups in total. The number of hydrogen-bond donors (Lipinski definition) is 0. The van der Waals surface area contributed by atoms with Crippen LogP contribution < -0.4 is 4.74 Å². The second-order valence-electron chi connectivity index (χ2n) is 2.51. The minimum Gasteiger partial charge on any atom is -0.427 e. The molecule has 0 bridgehead atoms. The molecule has 0 aliphatic carbocycles. The predicted octanol–water partition coefficient (Wildman–Crippen LogP) is 2.94. The standard InChI is InChI=1S/C9H9N3O2/c1-2-9(13)14-8-5-3-7(4-6-8)11-12-10/h3-6H,2H2,1H3. The molecule has 72 valence electrons. The molecule has 0 spiro atoms. The molecule has 1 aromatic rings. The number of rotatable bonds is 3. The second kappa shape index (κ2) is 4.89. The summed E-state index contributed by atoms with van der Waals surface area (Å²) in [6, 6.07) is 6.32. The molecule has 1 aromatic carbocycles. The Morgan fingerprint density at radius 2 is 2.14 bits per heavy atom. The predicted molar refractivity (Wildman–Crippen MR) is 51.2 cm³/mol. The highest BCUT2D eigenvalue weighted by molar-refractivity contribution is 5.72. The van der Waals surface area contributed by atoms with Crippen molar-refractivity contribution < 1.29 is 9.53 Å². The third-order valence-corrected chi connectivity index (χ3v) is 1.52. The fourth-order valence-corrected chi connectivity index (χ4v) is 0.836. The van der Waals surface area contributed by atoms with Gasteiger partial charge < -0.3 is 4.74 Å². The van der Waals surface area contributed by atoms with Crippen molar-refractivity contribution >= 4 is 11.7 Å². The van der Waals surface area contributed by atoms with Crippen LogP contribution in [0.15, 0.2) is 29.4 Å². The molecular formula is C9H9N3O2. The molecule has 5 nitrogen and oxygen atoms in total. The van der Waals surface area contributed by atoms with Crippen LogP contribution in [0, 0.1) is 0 Å². The molecule has 0 aromatic heterocycles. The lowest BCUT2D eigenvalue weighted by molar-refractivity contribution is -0.134. The van der Waals surface area contributed by atoms with Crippen LogP contribution in [0.4, 0.5) is 5.69 Å². The largest absolute Gasteiger partial charge is 0.427 e. The zero-order valence-electron chi connectivity index (χ0n) is 7.67. The van der Waals surface area contributed by atoms with Crippen molar-refractivity contribution in [2.75, 3.05) is 0 Å². The molecule has 0 amide bonds. The van der Waals surface area contributed by atoms with Gasteiger partial charge in [0, 0.05) is 17.0 Å². The van der Waals surface area contributed by atoms with Crippen LogP contribution in [-0.4, -0.2) is 5.97 Å². The molecular weight excluding hydrogens is 182 g/mol. The van der Waals surface area contributed by atoms with Gasteiger partial charge in [0.1, 0.15) is 5.75 Å². The SMILES string of the molecule is CCC(=O)Oc1ccc(N=[N+]=[N-])cc1. The summed E-state index contributed by atoms with van der Waals surface area (Å²) < 4.78 is 4.92.